The third-order valence-electron chi connectivity index (χ3n) is 2.74. The van der Waals surface area contributed by atoms with Gasteiger partial charge in [0.15, 0.2) is 0 Å². The summed E-state index contributed by atoms with van der Waals surface area (Å²) in [7, 11) is 0. The van der Waals surface area contributed by atoms with Crippen molar-refractivity contribution in [1.29, 1.82) is 0 Å². The Morgan fingerprint density at radius 2 is 1.89 bits per heavy atom. The van der Waals surface area contributed by atoms with Crippen molar-refractivity contribution in [2.24, 2.45) is 0 Å². The van der Waals surface area contributed by atoms with Gasteiger partial charge in [0.05, 0.1) is 15.5 Å². The standard InChI is InChI=1S/C12H11BrFN3O2/c1-7-3-4-8(2)16(7)15-11-5-9(13)10(14)6-12(11)17(18)19/h3-6,15H,1-2H3. The first-order valence-corrected chi connectivity index (χ1v) is 6.25. The van der Waals surface area contributed by atoms with Crippen molar-refractivity contribution < 1.29 is 9.31 Å². The number of benzene rings is 1. The van der Waals surface area contributed by atoms with Crippen molar-refractivity contribution >= 4 is 27.3 Å². The lowest BCUT2D eigenvalue weighted by Gasteiger charge is -2.13. The van der Waals surface area contributed by atoms with E-state index < -0.39 is 10.7 Å². The summed E-state index contributed by atoms with van der Waals surface area (Å²) in [4.78, 5) is 10.3. The van der Waals surface area contributed by atoms with E-state index >= 15 is 0 Å². The maximum absolute atomic E-state index is 13.4. The molecule has 0 aliphatic rings. The van der Waals surface area contributed by atoms with Crippen LogP contribution in [0, 0.1) is 29.8 Å². The zero-order valence-electron chi connectivity index (χ0n) is 10.3. The molecule has 100 valence electrons. The zero-order valence-corrected chi connectivity index (χ0v) is 11.9. The van der Waals surface area contributed by atoms with Crippen LogP contribution in [0.4, 0.5) is 15.8 Å². The molecule has 19 heavy (non-hydrogen) atoms. The minimum absolute atomic E-state index is 0.170. The van der Waals surface area contributed by atoms with E-state index in [0.29, 0.717) is 0 Å². The Balaban J connectivity index is 2.50. The number of aryl methyl sites for hydroxylation is 2. The lowest BCUT2D eigenvalue weighted by Crippen LogP contribution is -2.13. The lowest BCUT2D eigenvalue weighted by atomic mass is 10.2. The number of anilines is 1. The summed E-state index contributed by atoms with van der Waals surface area (Å²) in [6, 6.07) is 6.01. The molecule has 0 saturated heterocycles. The molecule has 0 bridgehead atoms. The molecule has 1 heterocycles. The summed E-state index contributed by atoms with van der Waals surface area (Å²) in [5.74, 6) is -0.668. The molecule has 2 rings (SSSR count). The molecule has 0 atom stereocenters. The Kier molecular flexibility index (Phi) is 3.57. The highest BCUT2D eigenvalue weighted by molar-refractivity contribution is 9.10. The highest BCUT2D eigenvalue weighted by Crippen LogP contribution is 2.31. The van der Waals surface area contributed by atoms with Crippen LogP contribution in [-0.4, -0.2) is 9.60 Å². The lowest BCUT2D eigenvalue weighted by molar-refractivity contribution is -0.384. The van der Waals surface area contributed by atoms with Gasteiger partial charge in [-0.1, -0.05) is 0 Å². The van der Waals surface area contributed by atoms with E-state index in [2.05, 4.69) is 21.4 Å². The predicted molar refractivity (Wildman–Crippen MR) is 73.7 cm³/mol. The van der Waals surface area contributed by atoms with Crippen LogP contribution in [0.1, 0.15) is 11.4 Å². The van der Waals surface area contributed by atoms with Crippen molar-refractivity contribution in [3.63, 3.8) is 0 Å². The summed E-state index contributed by atoms with van der Waals surface area (Å²) in [5, 5.41) is 11.0. The number of aromatic nitrogens is 1. The first-order valence-electron chi connectivity index (χ1n) is 5.45. The molecule has 0 aliphatic heterocycles. The van der Waals surface area contributed by atoms with E-state index in [9.17, 15) is 14.5 Å². The number of hydrogen-bond donors (Lipinski definition) is 1. The Bertz CT molecular complexity index is 635. The third-order valence-corrected chi connectivity index (χ3v) is 3.35. The zero-order chi connectivity index (χ0) is 14.2. The molecule has 0 unspecified atom stereocenters. The van der Waals surface area contributed by atoms with Crippen LogP contribution >= 0.6 is 15.9 Å². The van der Waals surface area contributed by atoms with Gasteiger partial charge in [-0.3, -0.25) is 20.2 Å². The molecule has 7 heteroatoms. The molecular formula is C12H11BrFN3O2. The van der Waals surface area contributed by atoms with E-state index in [-0.39, 0.29) is 15.8 Å². The monoisotopic (exact) mass is 327 g/mol. The van der Waals surface area contributed by atoms with Gasteiger partial charge < -0.3 is 0 Å². The topological polar surface area (TPSA) is 60.1 Å². The number of nitrogens with one attached hydrogen (secondary N) is 1. The average Bonchev–Trinajstić information content (AvgIpc) is 2.65. The van der Waals surface area contributed by atoms with Crippen LogP contribution in [0.5, 0.6) is 0 Å². The van der Waals surface area contributed by atoms with Gasteiger partial charge in [0.25, 0.3) is 5.69 Å². The van der Waals surface area contributed by atoms with Gasteiger partial charge in [0.1, 0.15) is 11.5 Å². The molecule has 0 amide bonds. The molecule has 0 spiro atoms. The third kappa shape index (κ3) is 2.60. The molecule has 0 fully saturated rings. The van der Waals surface area contributed by atoms with Gasteiger partial charge in [0.2, 0.25) is 0 Å². The van der Waals surface area contributed by atoms with Gasteiger partial charge in [-0.2, -0.15) is 0 Å². The molecule has 5 nitrogen and oxygen atoms in total. The van der Waals surface area contributed by atoms with Gasteiger partial charge >= 0.3 is 0 Å². The molecule has 0 saturated carbocycles. The van der Waals surface area contributed by atoms with Crippen molar-refractivity contribution in [1.82, 2.24) is 4.68 Å². The van der Waals surface area contributed by atoms with E-state index in [1.807, 2.05) is 26.0 Å². The second kappa shape index (κ2) is 5.00. The molecule has 1 N–H and O–H groups in total. The second-order valence-electron chi connectivity index (χ2n) is 4.10. The molecule has 0 aliphatic carbocycles. The summed E-state index contributed by atoms with van der Waals surface area (Å²) in [6.45, 7) is 3.73. The quantitative estimate of drug-likeness (QED) is 0.689. The van der Waals surface area contributed by atoms with E-state index in [4.69, 9.17) is 0 Å². The summed E-state index contributed by atoms with van der Waals surface area (Å²) < 4.78 is 15.2. The minimum atomic E-state index is -0.668. The van der Waals surface area contributed by atoms with Gasteiger partial charge in [0, 0.05) is 11.4 Å². The molecule has 1 aromatic carbocycles. The van der Waals surface area contributed by atoms with Crippen LogP contribution in [0.25, 0.3) is 0 Å². The van der Waals surface area contributed by atoms with Crippen LogP contribution in [0.3, 0.4) is 0 Å². The molecule has 1 aromatic heterocycles. The normalized spacial score (nSPS) is 10.5. The summed E-state index contributed by atoms with van der Waals surface area (Å²) in [5.41, 5.74) is 4.62. The fraction of sp³-hybridized carbons (Fsp3) is 0.167. The Morgan fingerprint density at radius 1 is 1.32 bits per heavy atom. The van der Waals surface area contributed by atoms with E-state index in [0.717, 1.165) is 17.5 Å². The number of halogens is 2. The SMILES string of the molecule is Cc1ccc(C)n1Nc1cc(Br)c(F)cc1[N+](=O)[O-]. The fourth-order valence-corrected chi connectivity index (χ4v) is 2.09. The van der Waals surface area contributed by atoms with Gasteiger partial charge in [-0.25, -0.2) is 4.39 Å². The van der Waals surface area contributed by atoms with Gasteiger partial charge in [-0.15, -0.1) is 0 Å². The fourth-order valence-electron chi connectivity index (χ4n) is 1.74. The van der Waals surface area contributed by atoms with E-state index in [1.54, 1.807) is 4.68 Å². The largest absolute Gasteiger partial charge is 0.297 e. The molecule has 2 aromatic rings. The average molecular weight is 328 g/mol. The Morgan fingerprint density at radius 3 is 2.42 bits per heavy atom. The van der Waals surface area contributed by atoms with Crippen molar-refractivity contribution in [2.45, 2.75) is 13.8 Å². The molecule has 0 radical (unpaired) electrons. The smallest absolute Gasteiger partial charge is 0.288 e. The van der Waals surface area contributed by atoms with Crippen LogP contribution in [0.2, 0.25) is 0 Å². The summed E-state index contributed by atoms with van der Waals surface area (Å²) >= 11 is 3.02. The van der Waals surface area contributed by atoms with Crippen LogP contribution < -0.4 is 5.43 Å². The minimum Gasteiger partial charge on any atom is -0.288 e. The first kappa shape index (κ1) is 13.5. The highest BCUT2D eigenvalue weighted by Gasteiger charge is 2.18. The van der Waals surface area contributed by atoms with Crippen LogP contribution in [0.15, 0.2) is 28.7 Å². The maximum atomic E-state index is 13.4. The van der Waals surface area contributed by atoms with E-state index in [1.165, 1.54) is 6.07 Å². The number of nitro groups is 1. The van der Waals surface area contributed by atoms with Gasteiger partial charge in [-0.05, 0) is 48.0 Å². The number of nitrogens with zero attached hydrogens (tertiary/aromatic N) is 2. The predicted octanol–water partition coefficient (Wildman–Crippen LogP) is 3.79. The Hall–Kier alpha value is -1.89. The van der Waals surface area contributed by atoms with Crippen molar-refractivity contribution in [3.8, 4) is 0 Å². The number of rotatable bonds is 3. The second-order valence-corrected chi connectivity index (χ2v) is 4.96. The van der Waals surface area contributed by atoms with Crippen LogP contribution in [-0.2, 0) is 0 Å². The van der Waals surface area contributed by atoms with Crippen molar-refractivity contribution in [2.75, 3.05) is 5.43 Å². The number of nitro benzene ring substituents is 1. The maximum Gasteiger partial charge on any atom is 0.297 e. The Labute approximate surface area is 117 Å². The highest BCUT2D eigenvalue weighted by atomic mass is 79.9. The molecular weight excluding hydrogens is 317 g/mol. The van der Waals surface area contributed by atoms with Crippen molar-refractivity contribution in [3.05, 3.63) is 56.1 Å². The number of hydrogen-bond acceptors (Lipinski definition) is 3. The first-order chi connectivity index (χ1) is 8.90. The summed E-state index contributed by atoms with van der Waals surface area (Å²) in [6.07, 6.45) is 0.